The molecule has 0 spiro atoms. The van der Waals surface area contributed by atoms with Crippen molar-refractivity contribution in [2.45, 2.75) is 44.9 Å². The molecule has 1 aliphatic rings. The number of hydrogen-bond acceptors (Lipinski definition) is 2. The van der Waals surface area contributed by atoms with E-state index in [1.807, 2.05) is 0 Å². The van der Waals surface area contributed by atoms with E-state index < -0.39 is 0 Å². The van der Waals surface area contributed by atoms with Crippen LogP contribution in [0.5, 0.6) is 0 Å². The van der Waals surface area contributed by atoms with Crippen LogP contribution in [0.4, 0.5) is 0 Å². The van der Waals surface area contributed by atoms with Crippen molar-refractivity contribution >= 4 is 5.91 Å². The first kappa shape index (κ1) is 11.5. The van der Waals surface area contributed by atoms with Gasteiger partial charge < -0.3 is 10.5 Å². The van der Waals surface area contributed by atoms with Gasteiger partial charge in [-0.2, -0.15) is 0 Å². The number of rotatable bonds is 7. The molecule has 0 unspecified atom stereocenters. The summed E-state index contributed by atoms with van der Waals surface area (Å²) in [6.07, 6.45) is 8.40. The van der Waals surface area contributed by atoms with Crippen molar-refractivity contribution in [3.63, 3.8) is 0 Å². The molecule has 0 aromatic heterocycles. The molecule has 1 fully saturated rings. The summed E-state index contributed by atoms with van der Waals surface area (Å²) in [4.78, 5) is 10.4. The molecule has 1 amide bonds. The standard InChI is InChI=1S/C11H21NO2/c12-11(13)7-9-14-8-3-6-10-4-1-2-5-10/h10H,1-9H2,(H2,12,13). The fourth-order valence-electron chi connectivity index (χ4n) is 2.05. The SMILES string of the molecule is NC(=O)CCOCCCC1CCCC1. The summed E-state index contributed by atoms with van der Waals surface area (Å²) in [6, 6.07) is 0. The zero-order valence-corrected chi connectivity index (χ0v) is 8.84. The third-order valence-electron chi connectivity index (χ3n) is 2.87. The highest BCUT2D eigenvalue weighted by Gasteiger charge is 2.13. The molecule has 82 valence electrons. The Balaban J connectivity index is 1.82. The number of ether oxygens (including phenoxy) is 1. The van der Waals surface area contributed by atoms with Crippen LogP contribution in [0.3, 0.4) is 0 Å². The lowest BCUT2D eigenvalue weighted by Crippen LogP contribution is -2.13. The summed E-state index contributed by atoms with van der Waals surface area (Å²) in [6.45, 7) is 1.27. The molecule has 3 heteroatoms. The molecule has 3 nitrogen and oxygen atoms in total. The van der Waals surface area contributed by atoms with E-state index in [1.54, 1.807) is 0 Å². The number of carbonyl (C=O) groups excluding carboxylic acids is 1. The topological polar surface area (TPSA) is 52.3 Å². The highest BCUT2D eigenvalue weighted by Crippen LogP contribution is 2.28. The monoisotopic (exact) mass is 199 g/mol. The van der Waals surface area contributed by atoms with Crippen molar-refractivity contribution < 1.29 is 9.53 Å². The lowest BCUT2D eigenvalue weighted by molar-refractivity contribution is -0.119. The zero-order valence-electron chi connectivity index (χ0n) is 8.84. The Morgan fingerprint density at radius 2 is 2.00 bits per heavy atom. The second kappa shape index (κ2) is 6.82. The highest BCUT2D eigenvalue weighted by molar-refractivity contribution is 5.73. The molecule has 0 saturated heterocycles. The van der Waals surface area contributed by atoms with Crippen molar-refractivity contribution in [1.29, 1.82) is 0 Å². The van der Waals surface area contributed by atoms with Gasteiger partial charge in [-0.1, -0.05) is 25.7 Å². The van der Waals surface area contributed by atoms with Gasteiger partial charge in [0.2, 0.25) is 5.91 Å². The fraction of sp³-hybridized carbons (Fsp3) is 0.909. The Labute approximate surface area is 86.0 Å². The van der Waals surface area contributed by atoms with Crippen LogP contribution in [0.1, 0.15) is 44.9 Å². The largest absolute Gasteiger partial charge is 0.381 e. The second-order valence-electron chi connectivity index (χ2n) is 4.12. The van der Waals surface area contributed by atoms with Gasteiger partial charge >= 0.3 is 0 Å². The van der Waals surface area contributed by atoms with Crippen molar-refractivity contribution in [2.75, 3.05) is 13.2 Å². The quantitative estimate of drug-likeness (QED) is 0.636. The summed E-state index contributed by atoms with van der Waals surface area (Å²) >= 11 is 0. The Bertz CT molecular complexity index is 165. The molecule has 0 heterocycles. The number of amides is 1. The molecule has 0 aliphatic heterocycles. The minimum Gasteiger partial charge on any atom is -0.381 e. The van der Waals surface area contributed by atoms with Gasteiger partial charge in [-0.25, -0.2) is 0 Å². The summed E-state index contributed by atoms with van der Waals surface area (Å²) in [5.74, 6) is 0.663. The number of hydrogen-bond donors (Lipinski definition) is 1. The Morgan fingerprint density at radius 1 is 1.29 bits per heavy atom. The van der Waals surface area contributed by atoms with Crippen molar-refractivity contribution in [1.82, 2.24) is 0 Å². The number of primary amides is 1. The molecule has 1 aliphatic carbocycles. The predicted octanol–water partition coefficient (Wildman–Crippen LogP) is 1.85. The molecule has 0 aromatic carbocycles. The summed E-state index contributed by atoms with van der Waals surface area (Å²) in [5.41, 5.74) is 4.99. The number of nitrogens with two attached hydrogens (primary N) is 1. The van der Waals surface area contributed by atoms with Gasteiger partial charge in [0.25, 0.3) is 0 Å². The van der Waals surface area contributed by atoms with Crippen molar-refractivity contribution in [3.8, 4) is 0 Å². The van der Waals surface area contributed by atoms with Gasteiger partial charge in [-0.3, -0.25) is 4.79 Å². The van der Waals surface area contributed by atoms with Crippen LogP contribution in [-0.4, -0.2) is 19.1 Å². The van der Waals surface area contributed by atoms with Gasteiger partial charge in [-0.15, -0.1) is 0 Å². The zero-order chi connectivity index (χ0) is 10.2. The van der Waals surface area contributed by atoms with Crippen LogP contribution in [0.15, 0.2) is 0 Å². The van der Waals surface area contributed by atoms with E-state index in [-0.39, 0.29) is 5.91 Å². The third kappa shape index (κ3) is 5.22. The predicted molar refractivity (Wildman–Crippen MR) is 55.8 cm³/mol. The normalized spacial score (nSPS) is 17.4. The lowest BCUT2D eigenvalue weighted by atomic mass is 10.0. The first-order chi connectivity index (χ1) is 6.79. The minimum absolute atomic E-state index is 0.277. The summed E-state index contributed by atoms with van der Waals surface area (Å²) in [7, 11) is 0. The molecule has 0 bridgehead atoms. The van der Waals surface area contributed by atoms with E-state index >= 15 is 0 Å². The minimum atomic E-state index is -0.277. The van der Waals surface area contributed by atoms with Gasteiger partial charge in [0.05, 0.1) is 6.61 Å². The molecule has 2 N–H and O–H groups in total. The molecule has 0 atom stereocenters. The molecular weight excluding hydrogens is 178 g/mol. The average molecular weight is 199 g/mol. The van der Waals surface area contributed by atoms with E-state index in [0.717, 1.165) is 18.9 Å². The smallest absolute Gasteiger partial charge is 0.219 e. The van der Waals surface area contributed by atoms with Crippen molar-refractivity contribution in [2.24, 2.45) is 11.7 Å². The van der Waals surface area contributed by atoms with E-state index in [4.69, 9.17) is 10.5 Å². The van der Waals surface area contributed by atoms with E-state index in [0.29, 0.717) is 13.0 Å². The summed E-state index contributed by atoms with van der Waals surface area (Å²) in [5, 5.41) is 0. The summed E-state index contributed by atoms with van der Waals surface area (Å²) < 4.78 is 5.30. The van der Waals surface area contributed by atoms with Crippen LogP contribution in [0, 0.1) is 5.92 Å². The Kier molecular flexibility index (Phi) is 5.60. The molecule has 1 rings (SSSR count). The number of carbonyl (C=O) groups is 1. The second-order valence-corrected chi connectivity index (χ2v) is 4.12. The maximum absolute atomic E-state index is 10.4. The molecule has 0 aromatic rings. The molecule has 1 saturated carbocycles. The van der Waals surface area contributed by atoms with Gasteiger partial charge in [0, 0.05) is 13.0 Å². The van der Waals surface area contributed by atoms with Gasteiger partial charge in [0.1, 0.15) is 0 Å². The highest BCUT2D eigenvalue weighted by atomic mass is 16.5. The third-order valence-corrected chi connectivity index (χ3v) is 2.87. The van der Waals surface area contributed by atoms with Crippen LogP contribution in [0.25, 0.3) is 0 Å². The maximum Gasteiger partial charge on any atom is 0.219 e. The Hall–Kier alpha value is -0.570. The first-order valence-corrected chi connectivity index (χ1v) is 5.65. The van der Waals surface area contributed by atoms with E-state index in [9.17, 15) is 4.79 Å². The molecular formula is C11H21NO2. The fourth-order valence-corrected chi connectivity index (χ4v) is 2.05. The van der Waals surface area contributed by atoms with Crippen molar-refractivity contribution in [3.05, 3.63) is 0 Å². The lowest BCUT2D eigenvalue weighted by Gasteiger charge is -2.08. The maximum atomic E-state index is 10.4. The van der Waals surface area contributed by atoms with Gasteiger partial charge in [-0.05, 0) is 18.8 Å². The van der Waals surface area contributed by atoms with E-state index in [1.165, 1.54) is 32.1 Å². The first-order valence-electron chi connectivity index (χ1n) is 5.65. The molecule has 14 heavy (non-hydrogen) atoms. The Morgan fingerprint density at radius 3 is 2.64 bits per heavy atom. The average Bonchev–Trinajstić information content (AvgIpc) is 2.63. The molecule has 0 radical (unpaired) electrons. The van der Waals surface area contributed by atoms with Crippen LogP contribution in [-0.2, 0) is 9.53 Å². The van der Waals surface area contributed by atoms with Crippen LogP contribution < -0.4 is 5.73 Å². The van der Waals surface area contributed by atoms with E-state index in [2.05, 4.69) is 0 Å². The van der Waals surface area contributed by atoms with Crippen LogP contribution >= 0.6 is 0 Å². The van der Waals surface area contributed by atoms with Crippen LogP contribution in [0.2, 0.25) is 0 Å². The van der Waals surface area contributed by atoms with Gasteiger partial charge in [0.15, 0.2) is 0 Å².